The lowest BCUT2D eigenvalue weighted by Crippen LogP contribution is -2.08. The maximum atomic E-state index is 10.3. The van der Waals surface area contributed by atoms with E-state index in [-0.39, 0.29) is 12.1 Å². The summed E-state index contributed by atoms with van der Waals surface area (Å²) in [6.07, 6.45) is -1.47. The number of rotatable bonds is 3. The summed E-state index contributed by atoms with van der Waals surface area (Å²) >= 11 is 0. The first-order chi connectivity index (χ1) is 6.09. The Morgan fingerprint density at radius 2 is 2.15 bits per heavy atom. The van der Waals surface area contributed by atoms with Crippen molar-refractivity contribution in [1.82, 2.24) is 0 Å². The molecule has 0 aromatic heterocycles. The lowest BCUT2D eigenvalue weighted by Gasteiger charge is -2.02. The molecule has 0 aliphatic heterocycles. The number of nitro groups is 1. The van der Waals surface area contributed by atoms with Crippen LogP contribution in [0.25, 0.3) is 0 Å². The van der Waals surface area contributed by atoms with Gasteiger partial charge in [-0.15, -0.1) is 0 Å². The van der Waals surface area contributed by atoms with E-state index in [0.717, 1.165) is 0 Å². The summed E-state index contributed by atoms with van der Waals surface area (Å²) in [6.45, 7) is 0. The molecule has 0 heterocycles. The Balaban J connectivity index is 2.85. The van der Waals surface area contributed by atoms with Gasteiger partial charge >= 0.3 is 0 Å². The molecule has 13 heavy (non-hydrogen) atoms. The first kappa shape index (κ1) is 9.63. The summed E-state index contributed by atoms with van der Waals surface area (Å²) in [4.78, 5) is 9.80. The summed E-state index contributed by atoms with van der Waals surface area (Å²) in [5.74, 6) is 0. The van der Waals surface area contributed by atoms with Crippen molar-refractivity contribution in [2.45, 2.75) is 12.7 Å². The third-order valence-corrected chi connectivity index (χ3v) is 1.54. The molecule has 0 radical (unpaired) electrons. The molecule has 0 aliphatic rings. The Kier molecular flexibility index (Phi) is 2.94. The first-order valence-electron chi connectivity index (χ1n) is 3.69. The Hall–Kier alpha value is -1.46. The van der Waals surface area contributed by atoms with Crippen LogP contribution in [0.5, 0.6) is 0 Å². The van der Waals surface area contributed by atoms with Gasteiger partial charge < -0.3 is 10.2 Å². The van der Waals surface area contributed by atoms with E-state index >= 15 is 0 Å². The molecule has 0 spiro atoms. The molecule has 0 aliphatic carbocycles. The SMILES string of the molecule is O=[N+]([O-])c1cccc(CC(O)O)c1. The minimum Gasteiger partial charge on any atom is -0.368 e. The van der Waals surface area contributed by atoms with E-state index in [1.54, 1.807) is 6.07 Å². The fraction of sp³-hybridized carbons (Fsp3) is 0.250. The zero-order chi connectivity index (χ0) is 9.84. The van der Waals surface area contributed by atoms with Gasteiger partial charge in [-0.05, 0) is 5.56 Å². The standard InChI is InChI=1S/C8H9NO4/c10-8(11)5-6-2-1-3-7(4-6)9(12)13/h1-4,8,10-11H,5H2. The van der Waals surface area contributed by atoms with Gasteiger partial charge in [0.2, 0.25) is 0 Å². The van der Waals surface area contributed by atoms with Crippen LogP contribution in [0, 0.1) is 10.1 Å². The molecule has 0 saturated heterocycles. The highest BCUT2D eigenvalue weighted by Crippen LogP contribution is 2.13. The number of benzene rings is 1. The molecule has 0 fully saturated rings. The molecule has 5 heteroatoms. The van der Waals surface area contributed by atoms with E-state index in [9.17, 15) is 10.1 Å². The zero-order valence-electron chi connectivity index (χ0n) is 6.75. The number of aliphatic hydroxyl groups is 2. The molecule has 0 saturated carbocycles. The van der Waals surface area contributed by atoms with E-state index in [4.69, 9.17) is 10.2 Å². The van der Waals surface area contributed by atoms with Crippen LogP contribution in [-0.2, 0) is 6.42 Å². The van der Waals surface area contributed by atoms with Crippen LogP contribution in [0.3, 0.4) is 0 Å². The molecule has 0 bridgehead atoms. The van der Waals surface area contributed by atoms with Crippen LogP contribution in [0.1, 0.15) is 5.56 Å². The highest BCUT2D eigenvalue weighted by atomic mass is 16.6. The molecule has 0 amide bonds. The Labute approximate surface area is 74.4 Å². The van der Waals surface area contributed by atoms with Crippen molar-refractivity contribution in [2.24, 2.45) is 0 Å². The number of hydrogen-bond donors (Lipinski definition) is 2. The summed E-state index contributed by atoms with van der Waals surface area (Å²) in [5.41, 5.74) is 0.488. The number of nitro benzene ring substituents is 1. The van der Waals surface area contributed by atoms with Crippen molar-refractivity contribution < 1.29 is 15.1 Å². The van der Waals surface area contributed by atoms with Crippen LogP contribution >= 0.6 is 0 Å². The summed E-state index contributed by atoms with van der Waals surface area (Å²) in [7, 11) is 0. The third kappa shape index (κ3) is 2.81. The van der Waals surface area contributed by atoms with E-state index in [1.165, 1.54) is 18.2 Å². The number of hydrogen-bond acceptors (Lipinski definition) is 4. The minimum atomic E-state index is -1.47. The van der Waals surface area contributed by atoms with Gasteiger partial charge in [0.05, 0.1) is 4.92 Å². The molecule has 1 aromatic rings. The average molecular weight is 183 g/mol. The fourth-order valence-corrected chi connectivity index (χ4v) is 1.01. The van der Waals surface area contributed by atoms with Crippen molar-refractivity contribution in [3.05, 3.63) is 39.9 Å². The number of aliphatic hydroxyl groups excluding tert-OH is 1. The molecule has 1 aromatic carbocycles. The minimum absolute atomic E-state index is 0.00167. The molecule has 0 atom stereocenters. The summed E-state index contributed by atoms with van der Waals surface area (Å²) in [6, 6.07) is 5.79. The van der Waals surface area contributed by atoms with Crippen LogP contribution in [0.2, 0.25) is 0 Å². The first-order valence-corrected chi connectivity index (χ1v) is 3.69. The van der Waals surface area contributed by atoms with Gasteiger partial charge in [0, 0.05) is 18.6 Å². The van der Waals surface area contributed by atoms with Crippen molar-refractivity contribution in [1.29, 1.82) is 0 Å². The fourth-order valence-electron chi connectivity index (χ4n) is 1.01. The van der Waals surface area contributed by atoms with Gasteiger partial charge in [-0.3, -0.25) is 10.1 Å². The van der Waals surface area contributed by atoms with Gasteiger partial charge in [-0.2, -0.15) is 0 Å². The Bertz CT molecular complexity index is 311. The van der Waals surface area contributed by atoms with E-state index in [2.05, 4.69) is 0 Å². The monoisotopic (exact) mass is 183 g/mol. The normalized spacial score (nSPS) is 10.4. The maximum absolute atomic E-state index is 10.3. The average Bonchev–Trinajstić information content (AvgIpc) is 2.03. The molecule has 0 unspecified atom stereocenters. The lowest BCUT2D eigenvalue weighted by atomic mass is 10.1. The van der Waals surface area contributed by atoms with Crippen LogP contribution in [0.15, 0.2) is 24.3 Å². The maximum Gasteiger partial charge on any atom is 0.269 e. The Morgan fingerprint density at radius 3 is 2.69 bits per heavy atom. The van der Waals surface area contributed by atoms with Crippen molar-refractivity contribution in [3.63, 3.8) is 0 Å². The molecule has 1 rings (SSSR count). The molecule has 5 nitrogen and oxygen atoms in total. The van der Waals surface area contributed by atoms with Gasteiger partial charge in [-0.25, -0.2) is 0 Å². The molecular weight excluding hydrogens is 174 g/mol. The second-order valence-corrected chi connectivity index (χ2v) is 2.61. The third-order valence-electron chi connectivity index (χ3n) is 1.54. The summed E-state index contributed by atoms with van der Waals surface area (Å²) < 4.78 is 0. The van der Waals surface area contributed by atoms with Gasteiger partial charge in [0.25, 0.3) is 5.69 Å². The highest BCUT2D eigenvalue weighted by molar-refractivity contribution is 5.34. The van der Waals surface area contributed by atoms with Crippen molar-refractivity contribution in [2.75, 3.05) is 0 Å². The van der Waals surface area contributed by atoms with E-state index in [0.29, 0.717) is 5.56 Å². The molecular formula is C8H9NO4. The molecule has 70 valence electrons. The predicted molar refractivity (Wildman–Crippen MR) is 45.0 cm³/mol. The van der Waals surface area contributed by atoms with Crippen LogP contribution in [0.4, 0.5) is 5.69 Å². The van der Waals surface area contributed by atoms with Gasteiger partial charge in [-0.1, -0.05) is 12.1 Å². The molecule has 2 N–H and O–H groups in total. The number of non-ortho nitro benzene ring substituents is 1. The van der Waals surface area contributed by atoms with Crippen molar-refractivity contribution >= 4 is 5.69 Å². The van der Waals surface area contributed by atoms with Crippen molar-refractivity contribution in [3.8, 4) is 0 Å². The van der Waals surface area contributed by atoms with Gasteiger partial charge in [0.1, 0.15) is 0 Å². The summed E-state index contributed by atoms with van der Waals surface area (Å²) in [5, 5.41) is 27.6. The highest BCUT2D eigenvalue weighted by Gasteiger charge is 2.07. The Morgan fingerprint density at radius 1 is 1.46 bits per heavy atom. The van der Waals surface area contributed by atoms with E-state index < -0.39 is 11.2 Å². The van der Waals surface area contributed by atoms with Crippen LogP contribution < -0.4 is 0 Å². The largest absolute Gasteiger partial charge is 0.368 e. The van der Waals surface area contributed by atoms with Crippen LogP contribution in [-0.4, -0.2) is 21.4 Å². The quantitative estimate of drug-likeness (QED) is 0.404. The van der Waals surface area contributed by atoms with Gasteiger partial charge in [0.15, 0.2) is 6.29 Å². The van der Waals surface area contributed by atoms with E-state index in [1.807, 2.05) is 0 Å². The zero-order valence-corrected chi connectivity index (χ0v) is 6.75. The predicted octanol–water partition coefficient (Wildman–Crippen LogP) is 0.448. The second-order valence-electron chi connectivity index (χ2n) is 2.61. The second kappa shape index (κ2) is 3.97. The number of nitrogens with zero attached hydrogens (tertiary/aromatic N) is 1. The lowest BCUT2D eigenvalue weighted by molar-refractivity contribution is -0.384. The topological polar surface area (TPSA) is 83.6 Å². The smallest absolute Gasteiger partial charge is 0.269 e.